The number of nitrogens with one attached hydrogen (secondary N) is 1. The van der Waals surface area contributed by atoms with Gasteiger partial charge in [-0.1, -0.05) is 18.2 Å². The van der Waals surface area contributed by atoms with E-state index in [-0.39, 0.29) is 6.03 Å². The number of nitrogens with zero attached hydrogens (tertiary/aromatic N) is 4. The van der Waals surface area contributed by atoms with Crippen LogP contribution in [0.3, 0.4) is 0 Å². The van der Waals surface area contributed by atoms with E-state index in [4.69, 9.17) is 9.72 Å². The van der Waals surface area contributed by atoms with Crippen LogP contribution in [0.25, 0.3) is 0 Å². The van der Waals surface area contributed by atoms with E-state index in [2.05, 4.69) is 15.2 Å². The summed E-state index contributed by atoms with van der Waals surface area (Å²) in [5.41, 5.74) is 5.16. The highest BCUT2D eigenvalue weighted by Crippen LogP contribution is 2.28. The molecule has 7 nitrogen and oxygen atoms in total. The van der Waals surface area contributed by atoms with Crippen molar-refractivity contribution in [3.63, 3.8) is 0 Å². The maximum Gasteiger partial charge on any atom is 0.322 e. The van der Waals surface area contributed by atoms with Crippen molar-refractivity contribution in [2.75, 3.05) is 43.1 Å². The first-order valence-corrected chi connectivity index (χ1v) is 9.84. The molecule has 0 radical (unpaired) electrons. The van der Waals surface area contributed by atoms with E-state index in [9.17, 15) is 4.79 Å². The number of rotatable bonds is 2. The third-order valence-corrected chi connectivity index (χ3v) is 5.46. The number of hydrogen-bond donors (Lipinski definition) is 1. The number of morpholine rings is 1. The molecule has 0 saturated carbocycles. The number of amides is 2. The Balaban J connectivity index is 1.57. The Hall–Kier alpha value is -2.67. The van der Waals surface area contributed by atoms with Gasteiger partial charge in [-0.2, -0.15) is 0 Å². The Morgan fingerprint density at radius 1 is 1.07 bits per heavy atom. The summed E-state index contributed by atoms with van der Waals surface area (Å²) in [5.74, 6) is 1.74. The summed E-state index contributed by atoms with van der Waals surface area (Å²) in [5, 5.41) is 3.10. The average molecular weight is 381 g/mol. The molecular formula is C21H27N5O2. The minimum Gasteiger partial charge on any atom is -0.378 e. The Morgan fingerprint density at radius 3 is 2.50 bits per heavy atom. The minimum absolute atomic E-state index is 0.0726. The molecule has 0 bridgehead atoms. The minimum atomic E-state index is -0.0726. The molecule has 1 aromatic heterocycles. The first-order chi connectivity index (χ1) is 13.5. The molecule has 1 N–H and O–H groups in total. The highest BCUT2D eigenvalue weighted by Gasteiger charge is 2.28. The Morgan fingerprint density at radius 2 is 1.79 bits per heavy atom. The van der Waals surface area contributed by atoms with Gasteiger partial charge in [0.1, 0.15) is 11.6 Å². The monoisotopic (exact) mass is 381 g/mol. The quantitative estimate of drug-likeness (QED) is 0.866. The standard InChI is InChI=1S/C21H27N5O2/c1-14-5-4-6-15(2)19(14)24-21(27)26-8-7-18-17(13-26)20(23-16(3)22-18)25-9-11-28-12-10-25/h4-6H,7-13H2,1-3H3,(H,24,27). The van der Waals surface area contributed by atoms with Gasteiger partial charge in [0.25, 0.3) is 0 Å². The van der Waals surface area contributed by atoms with Gasteiger partial charge in [-0.25, -0.2) is 14.8 Å². The molecule has 1 saturated heterocycles. The summed E-state index contributed by atoms with van der Waals surface area (Å²) in [6.07, 6.45) is 0.746. The summed E-state index contributed by atoms with van der Waals surface area (Å²) in [6, 6.07) is 5.96. The fourth-order valence-corrected chi connectivity index (χ4v) is 3.92. The summed E-state index contributed by atoms with van der Waals surface area (Å²) in [4.78, 5) is 26.5. The van der Waals surface area contributed by atoms with Gasteiger partial charge in [0, 0.05) is 37.3 Å². The normalized spacial score (nSPS) is 16.7. The fraction of sp³-hybridized carbons (Fsp3) is 0.476. The van der Waals surface area contributed by atoms with Crippen molar-refractivity contribution in [2.24, 2.45) is 0 Å². The predicted octanol–water partition coefficient (Wildman–Crippen LogP) is 2.83. The van der Waals surface area contributed by atoms with Crippen LogP contribution in [0.4, 0.5) is 16.3 Å². The number of urea groups is 1. The zero-order valence-corrected chi connectivity index (χ0v) is 16.8. The van der Waals surface area contributed by atoms with Crippen molar-refractivity contribution in [3.8, 4) is 0 Å². The maximum absolute atomic E-state index is 13.0. The molecule has 2 amide bonds. The lowest BCUT2D eigenvalue weighted by molar-refractivity contribution is 0.122. The molecule has 0 aliphatic carbocycles. The smallest absolute Gasteiger partial charge is 0.322 e. The van der Waals surface area contributed by atoms with E-state index >= 15 is 0 Å². The number of aromatic nitrogens is 2. The van der Waals surface area contributed by atoms with Crippen LogP contribution in [-0.4, -0.2) is 53.7 Å². The van der Waals surface area contributed by atoms with Gasteiger partial charge in [0.05, 0.1) is 25.5 Å². The highest BCUT2D eigenvalue weighted by molar-refractivity contribution is 5.91. The lowest BCUT2D eigenvalue weighted by atomic mass is 10.1. The second kappa shape index (κ2) is 7.75. The average Bonchev–Trinajstić information content (AvgIpc) is 2.70. The molecule has 2 aliphatic rings. The van der Waals surface area contributed by atoms with Gasteiger partial charge >= 0.3 is 6.03 Å². The Bertz CT molecular complexity index is 872. The number of hydrogen-bond acceptors (Lipinski definition) is 5. The third kappa shape index (κ3) is 3.67. The molecule has 0 atom stereocenters. The van der Waals surface area contributed by atoms with E-state index in [0.717, 1.165) is 59.2 Å². The second-order valence-corrected chi connectivity index (χ2v) is 7.49. The van der Waals surface area contributed by atoms with Crippen molar-refractivity contribution < 1.29 is 9.53 Å². The lowest BCUT2D eigenvalue weighted by Gasteiger charge is -2.34. The number of para-hydroxylation sites is 1. The number of fused-ring (bicyclic) bond motifs is 1. The molecule has 1 aromatic carbocycles. The Labute approximate surface area is 165 Å². The van der Waals surface area contributed by atoms with E-state index in [1.165, 1.54) is 0 Å². The van der Waals surface area contributed by atoms with Crippen LogP contribution < -0.4 is 10.2 Å². The first kappa shape index (κ1) is 18.7. The number of ether oxygens (including phenoxy) is 1. The molecule has 2 aromatic rings. The van der Waals surface area contributed by atoms with Crippen LogP contribution >= 0.6 is 0 Å². The van der Waals surface area contributed by atoms with Gasteiger partial charge < -0.3 is 19.9 Å². The highest BCUT2D eigenvalue weighted by atomic mass is 16.5. The van der Waals surface area contributed by atoms with Crippen molar-refractivity contribution in [1.29, 1.82) is 0 Å². The third-order valence-electron chi connectivity index (χ3n) is 5.46. The number of benzene rings is 1. The number of aryl methyl sites for hydroxylation is 3. The predicted molar refractivity (Wildman–Crippen MR) is 109 cm³/mol. The van der Waals surface area contributed by atoms with Gasteiger partial charge in [0.2, 0.25) is 0 Å². The van der Waals surface area contributed by atoms with Gasteiger partial charge in [-0.15, -0.1) is 0 Å². The van der Waals surface area contributed by atoms with Crippen LogP contribution in [-0.2, 0) is 17.7 Å². The van der Waals surface area contributed by atoms with Crippen LogP contribution in [0.15, 0.2) is 18.2 Å². The lowest BCUT2D eigenvalue weighted by Crippen LogP contribution is -2.42. The molecule has 28 heavy (non-hydrogen) atoms. The molecule has 1 fully saturated rings. The molecular weight excluding hydrogens is 354 g/mol. The fourth-order valence-electron chi connectivity index (χ4n) is 3.92. The van der Waals surface area contributed by atoms with E-state index in [1.54, 1.807) is 0 Å². The summed E-state index contributed by atoms with van der Waals surface area (Å²) in [7, 11) is 0. The molecule has 0 spiro atoms. The first-order valence-electron chi connectivity index (χ1n) is 9.84. The molecule has 148 valence electrons. The number of anilines is 2. The zero-order chi connectivity index (χ0) is 19.7. The van der Waals surface area contributed by atoms with Gasteiger partial charge in [0.15, 0.2) is 0 Å². The number of carbonyl (C=O) groups excluding carboxylic acids is 1. The molecule has 7 heteroatoms. The van der Waals surface area contributed by atoms with E-state index in [0.29, 0.717) is 26.3 Å². The summed E-state index contributed by atoms with van der Waals surface area (Å²) in [6.45, 7) is 10.2. The van der Waals surface area contributed by atoms with Crippen LogP contribution in [0.2, 0.25) is 0 Å². The van der Waals surface area contributed by atoms with Crippen LogP contribution in [0.5, 0.6) is 0 Å². The van der Waals surface area contributed by atoms with E-state index < -0.39 is 0 Å². The Kier molecular flexibility index (Phi) is 5.17. The zero-order valence-electron chi connectivity index (χ0n) is 16.8. The van der Waals surface area contributed by atoms with Gasteiger partial charge in [-0.05, 0) is 31.9 Å². The largest absolute Gasteiger partial charge is 0.378 e. The van der Waals surface area contributed by atoms with Crippen molar-refractivity contribution in [2.45, 2.75) is 33.7 Å². The topological polar surface area (TPSA) is 70.6 Å². The molecule has 0 unspecified atom stereocenters. The summed E-state index contributed by atoms with van der Waals surface area (Å²) < 4.78 is 5.48. The maximum atomic E-state index is 13.0. The van der Waals surface area contributed by atoms with Crippen LogP contribution in [0, 0.1) is 20.8 Å². The molecule has 3 heterocycles. The molecule has 2 aliphatic heterocycles. The van der Waals surface area contributed by atoms with Crippen molar-refractivity contribution in [3.05, 3.63) is 46.4 Å². The second-order valence-electron chi connectivity index (χ2n) is 7.49. The number of carbonyl (C=O) groups is 1. The van der Waals surface area contributed by atoms with Crippen molar-refractivity contribution in [1.82, 2.24) is 14.9 Å². The van der Waals surface area contributed by atoms with Crippen molar-refractivity contribution >= 4 is 17.5 Å². The summed E-state index contributed by atoms with van der Waals surface area (Å²) >= 11 is 0. The van der Waals surface area contributed by atoms with E-state index in [1.807, 2.05) is 43.9 Å². The SMILES string of the molecule is Cc1nc2c(c(N3CCOCC3)n1)CN(C(=O)Nc1c(C)cccc1C)CC2. The van der Waals surface area contributed by atoms with Crippen LogP contribution in [0.1, 0.15) is 28.2 Å². The molecule has 4 rings (SSSR count). The van der Waals surface area contributed by atoms with Gasteiger partial charge in [-0.3, -0.25) is 0 Å².